The van der Waals surface area contributed by atoms with Crippen LogP contribution >= 0.6 is 24.8 Å². The summed E-state index contributed by atoms with van der Waals surface area (Å²) in [6, 6.07) is 11.4. The fourth-order valence-electron chi connectivity index (χ4n) is 2.54. The van der Waals surface area contributed by atoms with Crippen molar-refractivity contribution in [2.24, 2.45) is 0 Å². The molecule has 4 rings (SSSR count). The molecule has 4 heterocycles. The summed E-state index contributed by atoms with van der Waals surface area (Å²) < 4.78 is 6.83. The number of nitrogens with one attached hydrogen (secondary N) is 1. The van der Waals surface area contributed by atoms with Gasteiger partial charge in [-0.2, -0.15) is 4.52 Å². The van der Waals surface area contributed by atoms with Crippen molar-refractivity contribution in [2.75, 3.05) is 12.3 Å². The van der Waals surface area contributed by atoms with E-state index in [0.29, 0.717) is 29.7 Å². The Kier molecular flexibility index (Phi) is 7.12. The maximum absolute atomic E-state index is 6.00. The molecule has 27 heavy (non-hydrogen) atoms. The minimum absolute atomic E-state index is 0. The second-order valence-electron chi connectivity index (χ2n) is 5.54. The van der Waals surface area contributed by atoms with Crippen LogP contribution in [-0.2, 0) is 13.0 Å². The Morgan fingerprint density at radius 3 is 2.70 bits per heavy atom. The Morgan fingerprint density at radius 2 is 1.96 bits per heavy atom. The number of furan rings is 1. The van der Waals surface area contributed by atoms with Crippen molar-refractivity contribution in [2.45, 2.75) is 13.0 Å². The molecule has 0 radical (unpaired) electrons. The lowest BCUT2D eigenvalue weighted by Crippen LogP contribution is -2.18. The van der Waals surface area contributed by atoms with Crippen LogP contribution in [0.3, 0.4) is 0 Å². The molecular weight excluding hydrogens is 389 g/mol. The maximum atomic E-state index is 6.00. The number of pyridine rings is 1. The number of anilines is 1. The van der Waals surface area contributed by atoms with E-state index in [2.05, 4.69) is 25.4 Å². The van der Waals surface area contributed by atoms with Crippen LogP contribution < -0.4 is 11.1 Å². The van der Waals surface area contributed by atoms with Gasteiger partial charge in [-0.1, -0.05) is 6.07 Å². The van der Waals surface area contributed by atoms with E-state index in [1.807, 2.05) is 24.3 Å². The molecule has 4 aromatic rings. The van der Waals surface area contributed by atoms with Crippen LogP contribution in [0.25, 0.3) is 17.2 Å². The first-order chi connectivity index (χ1) is 12.3. The number of halogens is 2. The Bertz CT molecular complexity index is 974. The number of hydrogen-bond acceptors (Lipinski definition) is 7. The molecule has 4 aromatic heterocycles. The van der Waals surface area contributed by atoms with E-state index in [0.717, 1.165) is 24.4 Å². The Labute approximate surface area is 168 Å². The van der Waals surface area contributed by atoms with Crippen molar-refractivity contribution in [3.63, 3.8) is 0 Å². The number of hydrogen-bond donors (Lipinski definition) is 2. The molecule has 0 aromatic carbocycles. The van der Waals surface area contributed by atoms with Gasteiger partial charge in [0.15, 0.2) is 11.4 Å². The molecule has 0 saturated carbocycles. The first kappa shape index (κ1) is 20.6. The highest BCUT2D eigenvalue weighted by molar-refractivity contribution is 5.85. The van der Waals surface area contributed by atoms with Crippen molar-refractivity contribution >= 4 is 36.4 Å². The smallest absolute Gasteiger partial charge is 0.223 e. The second kappa shape index (κ2) is 9.31. The highest BCUT2D eigenvalue weighted by Gasteiger charge is 2.12. The summed E-state index contributed by atoms with van der Waals surface area (Å²) in [6.07, 6.45) is 4.24. The number of nitrogens with two attached hydrogens (primary N) is 1. The molecule has 0 aliphatic heterocycles. The van der Waals surface area contributed by atoms with Crippen LogP contribution in [0.4, 0.5) is 5.95 Å². The molecule has 0 unspecified atom stereocenters. The van der Waals surface area contributed by atoms with Crippen molar-refractivity contribution in [3.8, 4) is 11.6 Å². The summed E-state index contributed by atoms with van der Waals surface area (Å²) in [5.74, 6) is 1.38. The molecule has 0 fully saturated rings. The summed E-state index contributed by atoms with van der Waals surface area (Å²) in [6.45, 7) is 1.39. The summed E-state index contributed by atoms with van der Waals surface area (Å²) in [4.78, 5) is 13.1. The van der Waals surface area contributed by atoms with Crippen LogP contribution in [0.1, 0.15) is 11.4 Å². The van der Waals surface area contributed by atoms with E-state index in [9.17, 15) is 0 Å². The minimum atomic E-state index is 0. The van der Waals surface area contributed by atoms with Gasteiger partial charge >= 0.3 is 0 Å². The topological polar surface area (TPSA) is 107 Å². The van der Waals surface area contributed by atoms with Crippen LogP contribution in [0.5, 0.6) is 0 Å². The molecule has 0 amide bonds. The molecule has 0 bridgehead atoms. The highest BCUT2D eigenvalue weighted by atomic mass is 35.5. The largest absolute Gasteiger partial charge is 0.461 e. The zero-order valence-electron chi connectivity index (χ0n) is 14.3. The predicted octanol–water partition coefficient (Wildman–Crippen LogP) is 2.54. The zero-order chi connectivity index (χ0) is 17.1. The van der Waals surface area contributed by atoms with Gasteiger partial charge in [-0.3, -0.25) is 4.98 Å². The first-order valence-corrected chi connectivity index (χ1v) is 7.96. The second-order valence-corrected chi connectivity index (χ2v) is 5.54. The molecule has 0 atom stereocenters. The highest BCUT2D eigenvalue weighted by Crippen LogP contribution is 2.18. The lowest BCUT2D eigenvalue weighted by atomic mass is 10.2. The van der Waals surface area contributed by atoms with Gasteiger partial charge in [-0.25, -0.2) is 9.97 Å². The van der Waals surface area contributed by atoms with E-state index in [4.69, 9.17) is 10.2 Å². The summed E-state index contributed by atoms with van der Waals surface area (Å²) in [5.41, 5.74) is 8.50. The van der Waals surface area contributed by atoms with E-state index < -0.39 is 0 Å². The molecule has 8 nitrogen and oxygen atoms in total. The molecule has 0 spiro atoms. The van der Waals surface area contributed by atoms with Gasteiger partial charge in [-0.05, 0) is 24.3 Å². The number of aromatic nitrogens is 5. The summed E-state index contributed by atoms with van der Waals surface area (Å²) >= 11 is 0. The Hall–Kier alpha value is -2.68. The lowest BCUT2D eigenvalue weighted by molar-refractivity contribution is 0.577. The van der Waals surface area contributed by atoms with Gasteiger partial charge < -0.3 is 15.5 Å². The van der Waals surface area contributed by atoms with Gasteiger partial charge in [0, 0.05) is 37.5 Å². The maximum Gasteiger partial charge on any atom is 0.223 e. The van der Waals surface area contributed by atoms with Crippen LogP contribution in [0.15, 0.2) is 53.3 Å². The summed E-state index contributed by atoms with van der Waals surface area (Å²) in [5, 5.41) is 7.67. The monoisotopic (exact) mass is 407 g/mol. The SMILES string of the molecule is Cl.Cl.Nc1nc(CNCCc2ccccn2)cc2nc(-c3ccco3)nn12. The van der Waals surface area contributed by atoms with E-state index in [1.165, 1.54) is 4.52 Å². The third-order valence-electron chi connectivity index (χ3n) is 3.73. The summed E-state index contributed by atoms with van der Waals surface area (Å²) in [7, 11) is 0. The molecule has 142 valence electrons. The molecule has 0 saturated heterocycles. The Balaban J connectivity index is 0.00000131. The molecule has 10 heteroatoms. The first-order valence-electron chi connectivity index (χ1n) is 7.96. The van der Waals surface area contributed by atoms with Crippen LogP contribution in [0, 0.1) is 0 Å². The number of fused-ring (bicyclic) bond motifs is 1. The van der Waals surface area contributed by atoms with E-state index in [1.54, 1.807) is 24.6 Å². The van der Waals surface area contributed by atoms with Gasteiger partial charge in [0.2, 0.25) is 11.8 Å². The van der Waals surface area contributed by atoms with Crippen molar-refractivity contribution < 1.29 is 4.42 Å². The van der Waals surface area contributed by atoms with Gasteiger partial charge in [0.05, 0.1) is 12.0 Å². The minimum Gasteiger partial charge on any atom is -0.461 e. The fraction of sp³-hybridized carbons (Fsp3) is 0.176. The number of rotatable bonds is 6. The third kappa shape index (κ3) is 4.73. The standard InChI is InChI=1S/C17H17N7O.2ClH/c18-17-21-13(11-19-8-6-12-4-1-2-7-20-12)10-15-22-16(23-24(15)17)14-5-3-9-25-14;;/h1-5,7,9-10,19H,6,8,11H2,(H2,18,21);2*1H. The van der Waals surface area contributed by atoms with Crippen molar-refractivity contribution in [3.05, 3.63) is 60.2 Å². The average molecular weight is 408 g/mol. The van der Waals surface area contributed by atoms with Gasteiger partial charge in [-0.15, -0.1) is 29.9 Å². The van der Waals surface area contributed by atoms with E-state index >= 15 is 0 Å². The van der Waals surface area contributed by atoms with Gasteiger partial charge in [0.25, 0.3) is 0 Å². The van der Waals surface area contributed by atoms with Crippen molar-refractivity contribution in [1.29, 1.82) is 0 Å². The third-order valence-corrected chi connectivity index (χ3v) is 3.73. The zero-order valence-corrected chi connectivity index (χ0v) is 15.9. The molecule has 0 aliphatic rings. The van der Waals surface area contributed by atoms with E-state index in [-0.39, 0.29) is 24.8 Å². The van der Waals surface area contributed by atoms with Crippen LogP contribution in [-0.4, -0.2) is 31.1 Å². The number of nitrogens with zero attached hydrogens (tertiary/aromatic N) is 5. The normalized spacial score (nSPS) is 10.4. The average Bonchev–Trinajstić information content (AvgIpc) is 3.29. The Morgan fingerprint density at radius 1 is 1.07 bits per heavy atom. The quantitative estimate of drug-likeness (QED) is 0.472. The van der Waals surface area contributed by atoms with Crippen molar-refractivity contribution in [1.82, 2.24) is 29.9 Å². The van der Waals surface area contributed by atoms with Crippen LogP contribution in [0.2, 0.25) is 0 Å². The lowest BCUT2D eigenvalue weighted by Gasteiger charge is -2.05. The predicted molar refractivity (Wildman–Crippen MR) is 107 cm³/mol. The molecule has 3 N–H and O–H groups in total. The fourth-order valence-corrected chi connectivity index (χ4v) is 2.54. The molecule has 0 aliphatic carbocycles. The number of nitrogen functional groups attached to an aromatic ring is 1. The van der Waals surface area contributed by atoms with Gasteiger partial charge in [0.1, 0.15) is 0 Å². The molecular formula is C17H19Cl2N7O.